The third kappa shape index (κ3) is 12.6. The molecule has 0 bridgehead atoms. The van der Waals surface area contributed by atoms with Crippen LogP contribution in [0.25, 0.3) is 0 Å². The van der Waals surface area contributed by atoms with Crippen LogP contribution in [0.3, 0.4) is 0 Å². The fourth-order valence-electron chi connectivity index (χ4n) is 2.39. The fraction of sp³-hybridized carbons (Fsp3) is 0.842. The first-order valence-electron chi connectivity index (χ1n) is 9.42. The van der Waals surface area contributed by atoms with Crippen molar-refractivity contribution in [3.8, 4) is 0 Å². The minimum absolute atomic E-state index is 0.00691. The van der Waals surface area contributed by atoms with Crippen LogP contribution >= 0.6 is 0 Å². The van der Waals surface area contributed by atoms with Crippen molar-refractivity contribution in [3.63, 3.8) is 0 Å². The molecule has 0 spiro atoms. The molecule has 146 valence electrons. The number of hydrogen-bond acceptors (Lipinski definition) is 4. The van der Waals surface area contributed by atoms with Gasteiger partial charge in [-0.1, -0.05) is 34.1 Å². The number of ketones is 1. The largest absolute Gasteiger partial charge is 0.345 e. The predicted molar refractivity (Wildman–Crippen MR) is 101 cm³/mol. The average molecular weight is 356 g/mol. The van der Waals surface area contributed by atoms with E-state index >= 15 is 0 Å². The van der Waals surface area contributed by atoms with E-state index in [-0.39, 0.29) is 24.1 Å². The number of nitrogens with zero attached hydrogens (tertiary/aromatic N) is 1. The van der Waals surface area contributed by atoms with Crippen molar-refractivity contribution < 1.29 is 14.4 Å². The lowest BCUT2D eigenvalue weighted by Crippen LogP contribution is -2.44. The second-order valence-electron chi connectivity index (χ2n) is 7.50. The van der Waals surface area contributed by atoms with E-state index in [2.05, 4.69) is 38.3 Å². The zero-order valence-corrected chi connectivity index (χ0v) is 16.9. The zero-order valence-electron chi connectivity index (χ0n) is 16.9. The molecule has 0 aliphatic carbocycles. The number of carbonyl (C=O) groups is 3. The maximum absolute atomic E-state index is 12.0. The topological polar surface area (TPSA) is 78.5 Å². The molecule has 6 nitrogen and oxygen atoms in total. The van der Waals surface area contributed by atoms with Gasteiger partial charge in [-0.15, -0.1) is 0 Å². The Morgan fingerprint density at radius 2 is 1.60 bits per heavy atom. The molecule has 0 fully saturated rings. The van der Waals surface area contributed by atoms with Crippen molar-refractivity contribution in [1.82, 2.24) is 15.5 Å². The van der Waals surface area contributed by atoms with Crippen LogP contribution in [0.4, 0.5) is 0 Å². The van der Waals surface area contributed by atoms with Gasteiger partial charge in [0.2, 0.25) is 11.8 Å². The second kappa shape index (κ2) is 12.9. The molecule has 0 aliphatic rings. The molecule has 0 aromatic rings. The van der Waals surface area contributed by atoms with Gasteiger partial charge in [-0.2, -0.15) is 0 Å². The summed E-state index contributed by atoms with van der Waals surface area (Å²) in [4.78, 5) is 37.4. The van der Waals surface area contributed by atoms with Crippen LogP contribution in [0.15, 0.2) is 0 Å². The molecular formula is C19H37N3O3. The third-order valence-electron chi connectivity index (χ3n) is 3.99. The Hall–Kier alpha value is -1.43. The zero-order chi connectivity index (χ0) is 19.4. The summed E-state index contributed by atoms with van der Waals surface area (Å²) in [5.74, 6) is 0.268. The summed E-state index contributed by atoms with van der Waals surface area (Å²) >= 11 is 0. The van der Waals surface area contributed by atoms with Crippen LogP contribution in [0, 0.1) is 5.92 Å². The smallest absolute Gasteiger partial charge is 0.240 e. The highest BCUT2D eigenvalue weighted by Gasteiger charge is 2.18. The Balaban J connectivity index is 4.05. The normalized spacial score (nSPS) is 12.3. The van der Waals surface area contributed by atoms with E-state index in [1.165, 1.54) is 4.90 Å². The SMILES string of the molecule is CC(C)CCCC(=O)N(C)CC(=O)N[C@@H](C)C(=O)CCCNC(C)C. The van der Waals surface area contributed by atoms with Crippen molar-refractivity contribution in [2.24, 2.45) is 5.92 Å². The molecule has 0 aliphatic heterocycles. The molecule has 6 heteroatoms. The summed E-state index contributed by atoms with van der Waals surface area (Å²) in [7, 11) is 1.63. The number of nitrogens with one attached hydrogen (secondary N) is 2. The molecule has 0 rings (SSSR count). The molecule has 0 radical (unpaired) electrons. The Labute approximate surface area is 153 Å². The Morgan fingerprint density at radius 1 is 0.960 bits per heavy atom. The van der Waals surface area contributed by atoms with Crippen molar-refractivity contribution in [2.45, 2.75) is 78.8 Å². The molecule has 0 heterocycles. The highest BCUT2D eigenvalue weighted by molar-refractivity contribution is 5.90. The van der Waals surface area contributed by atoms with Crippen LogP contribution in [-0.4, -0.2) is 54.7 Å². The molecule has 0 saturated heterocycles. The van der Waals surface area contributed by atoms with Gasteiger partial charge in [0, 0.05) is 25.9 Å². The molecule has 1 atom stereocenters. The lowest BCUT2D eigenvalue weighted by Gasteiger charge is -2.19. The van der Waals surface area contributed by atoms with Gasteiger partial charge in [-0.3, -0.25) is 14.4 Å². The summed E-state index contributed by atoms with van der Waals surface area (Å²) in [6, 6.07) is -0.114. The van der Waals surface area contributed by atoms with Crippen LogP contribution in [0.5, 0.6) is 0 Å². The predicted octanol–water partition coefficient (Wildman–Crippen LogP) is 2.12. The van der Waals surface area contributed by atoms with Gasteiger partial charge >= 0.3 is 0 Å². The summed E-state index contributed by atoms with van der Waals surface area (Å²) in [6.45, 7) is 10.8. The van der Waals surface area contributed by atoms with Crippen molar-refractivity contribution >= 4 is 17.6 Å². The maximum atomic E-state index is 12.0. The minimum Gasteiger partial charge on any atom is -0.345 e. The fourth-order valence-corrected chi connectivity index (χ4v) is 2.39. The summed E-state index contributed by atoms with van der Waals surface area (Å²) in [5.41, 5.74) is 0. The molecule has 2 amide bonds. The van der Waals surface area contributed by atoms with E-state index in [0.717, 1.165) is 25.8 Å². The Morgan fingerprint density at radius 3 is 2.16 bits per heavy atom. The van der Waals surface area contributed by atoms with Crippen LogP contribution < -0.4 is 10.6 Å². The molecular weight excluding hydrogens is 318 g/mol. The van der Waals surface area contributed by atoms with Crippen molar-refractivity contribution in [2.75, 3.05) is 20.1 Å². The average Bonchev–Trinajstić information content (AvgIpc) is 2.50. The molecule has 0 saturated carbocycles. The molecule has 0 aromatic heterocycles. The van der Waals surface area contributed by atoms with E-state index in [1.807, 2.05) is 0 Å². The van der Waals surface area contributed by atoms with Gasteiger partial charge in [-0.05, 0) is 32.2 Å². The molecule has 2 N–H and O–H groups in total. The van der Waals surface area contributed by atoms with Crippen LogP contribution in [0.2, 0.25) is 0 Å². The lowest BCUT2D eigenvalue weighted by atomic mass is 10.1. The first-order valence-corrected chi connectivity index (χ1v) is 9.42. The highest BCUT2D eigenvalue weighted by atomic mass is 16.2. The molecule has 0 unspecified atom stereocenters. The highest BCUT2D eigenvalue weighted by Crippen LogP contribution is 2.07. The third-order valence-corrected chi connectivity index (χ3v) is 3.99. The van der Waals surface area contributed by atoms with E-state index in [9.17, 15) is 14.4 Å². The number of Topliss-reactive ketones (excluding diaryl/α,β-unsaturated/α-hetero) is 1. The van der Waals surface area contributed by atoms with Gasteiger partial charge in [0.1, 0.15) is 0 Å². The number of amides is 2. The van der Waals surface area contributed by atoms with Gasteiger partial charge in [0.15, 0.2) is 5.78 Å². The monoisotopic (exact) mass is 355 g/mol. The summed E-state index contributed by atoms with van der Waals surface area (Å²) in [6.07, 6.45) is 3.49. The summed E-state index contributed by atoms with van der Waals surface area (Å²) < 4.78 is 0. The number of likely N-dealkylation sites (N-methyl/N-ethyl adjacent to an activating group) is 1. The van der Waals surface area contributed by atoms with Gasteiger partial charge < -0.3 is 15.5 Å². The lowest BCUT2D eigenvalue weighted by molar-refractivity contribution is -0.135. The van der Waals surface area contributed by atoms with Gasteiger partial charge in [-0.25, -0.2) is 0 Å². The molecule has 25 heavy (non-hydrogen) atoms. The second-order valence-corrected chi connectivity index (χ2v) is 7.50. The first kappa shape index (κ1) is 23.6. The quantitative estimate of drug-likeness (QED) is 0.496. The van der Waals surface area contributed by atoms with Gasteiger partial charge in [0.25, 0.3) is 0 Å². The minimum atomic E-state index is -0.518. The van der Waals surface area contributed by atoms with E-state index < -0.39 is 6.04 Å². The maximum Gasteiger partial charge on any atom is 0.240 e. The number of rotatable bonds is 13. The molecule has 0 aromatic carbocycles. The van der Waals surface area contributed by atoms with Crippen LogP contribution in [0.1, 0.15) is 66.7 Å². The van der Waals surface area contributed by atoms with Crippen molar-refractivity contribution in [1.29, 1.82) is 0 Å². The van der Waals surface area contributed by atoms with Crippen molar-refractivity contribution in [3.05, 3.63) is 0 Å². The first-order chi connectivity index (χ1) is 11.6. The van der Waals surface area contributed by atoms with Crippen LogP contribution in [-0.2, 0) is 14.4 Å². The van der Waals surface area contributed by atoms with Gasteiger partial charge in [0.05, 0.1) is 12.6 Å². The standard InChI is InChI=1S/C19H37N3O3/c1-14(2)9-7-11-19(25)22(6)13-18(24)21-16(5)17(23)10-8-12-20-15(3)4/h14-16,20H,7-13H2,1-6H3,(H,21,24)/t16-/m0/s1. The van der Waals surface area contributed by atoms with E-state index in [0.29, 0.717) is 24.8 Å². The van der Waals surface area contributed by atoms with E-state index in [1.54, 1.807) is 14.0 Å². The Bertz CT molecular complexity index is 422. The number of hydrogen-bond donors (Lipinski definition) is 2. The number of carbonyl (C=O) groups excluding carboxylic acids is 3. The Kier molecular flexibility index (Phi) is 12.1. The van der Waals surface area contributed by atoms with E-state index in [4.69, 9.17) is 0 Å². The summed E-state index contributed by atoms with van der Waals surface area (Å²) in [5, 5.41) is 5.95.